The minimum Gasteiger partial charge on any atom is -0.493 e. The topological polar surface area (TPSA) is 9.23 Å². The van der Waals surface area contributed by atoms with Gasteiger partial charge in [-0.05, 0) is 64.0 Å². The third-order valence-corrected chi connectivity index (χ3v) is 5.94. The molecule has 1 unspecified atom stereocenters. The Morgan fingerprint density at radius 3 is 2.80 bits per heavy atom. The number of alkyl halides is 1. The van der Waals surface area contributed by atoms with Crippen molar-refractivity contribution in [3.05, 3.63) is 60.1 Å². The van der Waals surface area contributed by atoms with E-state index < -0.39 is 0 Å². The fourth-order valence-electron chi connectivity index (χ4n) is 2.36. The van der Waals surface area contributed by atoms with E-state index in [0.29, 0.717) is 0 Å². The zero-order valence-electron chi connectivity index (χ0n) is 10.3. The molecule has 2 aromatic carbocycles. The summed E-state index contributed by atoms with van der Waals surface area (Å²) in [6, 6.07) is 10.2. The molecule has 0 saturated carbocycles. The van der Waals surface area contributed by atoms with E-state index in [1.54, 1.807) is 0 Å². The Morgan fingerprint density at radius 2 is 2.00 bits per heavy atom. The van der Waals surface area contributed by atoms with Gasteiger partial charge < -0.3 is 4.74 Å². The first-order valence-corrected chi connectivity index (χ1v) is 9.27. The first-order chi connectivity index (χ1) is 9.56. The lowest BCUT2D eigenvalue weighted by molar-refractivity contribution is 0.354. The van der Waals surface area contributed by atoms with Crippen molar-refractivity contribution in [3.63, 3.8) is 0 Å². The fourth-order valence-corrected chi connectivity index (χ4v) is 4.86. The first kappa shape index (κ1) is 15.1. The molecule has 1 aliphatic heterocycles. The van der Waals surface area contributed by atoms with Crippen molar-refractivity contribution in [1.29, 1.82) is 0 Å². The van der Waals surface area contributed by atoms with Crippen molar-refractivity contribution in [3.8, 4) is 5.75 Å². The summed E-state index contributed by atoms with van der Waals surface area (Å²) in [6.07, 6.45) is 0.966. The quantitative estimate of drug-likeness (QED) is 0.337. The summed E-state index contributed by atoms with van der Waals surface area (Å²) in [7, 11) is 0. The molecule has 104 valence electrons. The van der Waals surface area contributed by atoms with Gasteiger partial charge in [0, 0.05) is 25.0 Å². The molecule has 0 N–H and O–H groups in total. The van der Waals surface area contributed by atoms with Gasteiger partial charge in [0.25, 0.3) is 0 Å². The van der Waals surface area contributed by atoms with Crippen LogP contribution in [0.25, 0.3) is 0 Å². The Kier molecular flexibility index (Phi) is 4.65. The number of rotatable bonds is 2. The molecule has 5 heteroatoms. The van der Waals surface area contributed by atoms with E-state index in [4.69, 9.17) is 16.3 Å². The molecule has 1 atom stereocenters. The van der Waals surface area contributed by atoms with Crippen LogP contribution in [0.2, 0.25) is 5.02 Å². The van der Waals surface area contributed by atoms with Crippen molar-refractivity contribution < 1.29 is 4.74 Å². The molecule has 0 aromatic heterocycles. The predicted octanol–water partition coefficient (Wildman–Crippen LogP) is 6.13. The van der Waals surface area contributed by atoms with Crippen LogP contribution in [0.1, 0.15) is 21.5 Å². The lowest BCUT2D eigenvalue weighted by Crippen LogP contribution is -1.99. The van der Waals surface area contributed by atoms with Gasteiger partial charge in [0.05, 0.1) is 11.4 Å². The van der Waals surface area contributed by atoms with Gasteiger partial charge in [0.15, 0.2) is 0 Å². The summed E-state index contributed by atoms with van der Waals surface area (Å²) in [5.41, 5.74) is 3.57. The van der Waals surface area contributed by atoms with E-state index in [1.165, 1.54) is 9.13 Å². The Balaban J connectivity index is 2.11. The van der Waals surface area contributed by atoms with Crippen LogP contribution in [0.5, 0.6) is 5.75 Å². The molecule has 1 heterocycles. The largest absolute Gasteiger partial charge is 0.493 e. The summed E-state index contributed by atoms with van der Waals surface area (Å²) in [5.74, 6) is 1.01. The highest BCUT2D eigenvalue weighted by atomic mass is 127. The molecule has 1 aliphatic rings. The monoisotopic (exact) mass is 526 g/mol. The second-order valence-electron chi connectivity index (χ2n) is 4.61. The highest BCUT2D eigenvalue weighted by Crippen LogP contribution is 2.43. The number of fused-ring (bicyclic) bond motifs is 1. The average molecular weight is 528 g/mol. The molecule has 1 nitrogen and oxygen atoms in total. The molecule has 0 amide bonds. The Morgan fingerprint density at radius 1 is 1.20 bits per heavy atom. The summed E-state index contributed by atoms with van der Waals surface area (Å²) in [6.45, 7) is 0.755. The minimum absolute atomic E-state index is 0.0671. The van der Waals surface area contributed by atoms with Crippen LogP contribution in [-0.2, 0) is 6.42 Å². The third-order valence-electron chi connectivity index (χ3n) is 3.28. The van der Waals surface area contributed by atoms with E-state index in [2.05, 4.69) is 66.6 Å². The van der Waals surface area contributed by atoms with Crippen molar-refractivity contribution >= 4 is 66.1 Å². The van der Waals surface area contributed by atoms with Crippen LogP contribution in [0, 0.1) is 3.57 Å². The maximum atomic E-state index is 6.13. The van der Waals surface area contributed by atoms with Gasteiger partial charge >= 0.3 is 0 Å². The second-order valence-corrected chi connectivity index (χ2v) is 8.04. The number of ether oxygens (including phenoxy) is 1. The molecular formula is C15H10Br2ClIO. The van der Waals surface area contributed by atoms with Gasteiger partial charge in [-0.25, -0.2) is 0 Å². The zero-order chi connectivity index (χ0) is 14.3. The normalized spacial score (nSPS) is 14.8. The molecule has 2 aromatic rings. The summed E-state index contributed by atoms with van der Waals surface area (Å²) in [4.78, 5) is 0.0671. The zero-order valence-corrected chi connectivity index (χ0v) is 16.4. The fraction of sp³-hybridized carbons (Fsp3) is 0.200. The summed E-state index contributed by atoms with van der Waals surface area (Å²) in [5, 5.41) is 0.748. The standard InChI is InChI=1S/C15H10Br2ClIO/c16-9-5-8-3-4-20-15(8)12(6-9)14(17)11-7-10(18)1-2-13(11)19/h1-2,5-7,14H,3-4H2. The maximum absolute atomic E-state index is 6.13. The summed E-state index contributed by atoms with van der Waals surface area (Å²) < 4.78 is 8.07. The van der Waals surface area contributed by atoms with Crippen LogP contribution < -0.4 is 4.74 Å². The SMILES string of the molecule is Clc1ccc(I)c(C(Br)c2cc(Br)cc3c2OCC3)c1. The van der Waals surface area contributed by atoms with E-state index in [9.17, 15) is 0 Å². The van der Waals surface area contributed by atoms with Crippen molar-refractivity contribution in [1.82, 2.24) is 0 Å². The van der Waals surface area contributed by atoms with Crippen LogP contribution in [0.4, 0.5) is 0 Å². The van der Waals surface area contributed by atoms with Gasteiger partial charge in [0.1, 0.15) is 5.75 Å². The smallest absolute Gasteiger partial charge is 0.127 e. The highest BCUT2D eigenvalue weighted by molar-refractivity contribution is 14.1. The van der Waals surface area contributed by atoms with Gasteiger partial charge in [-0.3, -0.25) is 0 Å². The molecule has 0 aliphatic carbocycles. The molecule has 3 rings (SSSR count). The molecule has 0 radical (unpaired) electrons. The van der Waals surface area contributed by atoms with Crippen molar-refractivity contribution in [2.24, 2.45) is 0 Å². The lowest BCUT2D eigenvalue weighted by Gasteiger charge is -2.17. The summed E-state index contributed by atoms with van der Waals surface area (Å²) >= 11 is 15.9. The lowest BCUT2D eigenvalue weighted by atomic mass is 10.0. The number of benzene rings is 2. The van der Waals surface area contributed by atoms with Crippen molar-refractivity contribution in [2.75, 3.05) is 6.61 Å². The third kappa shape index (κ3) is 2.89. The molecule has 0 saturated heterocycles. The van der Waals surface area contributed by atoms with Crippen LogP contribution in [0.3, 0.4) is 0 Å². The van der Waals surface area contributed by atoms with Gasteiger partial charge in [-0.2, -0.15) is 0 Å². The van der Waals surface area contributed by atoms with Crippen LogP contribution >= 0.6 is 66.1 Å². The number of halogens is 4. The molecule has 0 spiro atoms. The van der Waals surface area contributed by atoms with Crippen LogP contribution in [-0.4, -0.2) is 6.61 Å². The van der Waals surface area contributed by atoms with E-state index in [0.717, 1.165) is 39.4 Å². The van der Waals surface area contributed by atoms with Gasteiger partial charge in [-0.1, -0.05) is 43.5 Å². The van der Waals surface area contributed by atoms with Crippen molar-refractivity contribution in [2.45, 2.75) is 11.2 Å². The predicted molar refractivity (Wildman–Crippen MR) is 98.3 cm³/mol. The van der Waals surface area contributed by atoms with E-state index >= 15 is 0 Å². The van der Waals surface area contributed by atoms with Gasteiger partial charge in [-0.15, -0.1) is 0 Å². The Bertz CT molecular complexity index is 675. The number of hydrogen-bond donors (Lipinski definition) is 0. The molecule has 0 fully saturated rings. The first-order valence-electron chi connectivity index (χ1n) is 6.10. The average Bonchev–Trinajstić information content (AvgIpc) is 2.87. The van der Waals surface area contributed by atoms with E-state index in [-0.39, 0.29) is 4.83 Å². The Hall–Kier alpha value is 0.220. The van der Waals surface area contributed by atoms with Gasteiger partial charge in [0.2, 0.25) is 0 Å². The Labute approximate surface area is 153 Å². The maximum Gasteiger partial charge on any atom is 0.127 e. The van der Waals surface area contributed by atoms with E-state index in [1.807, 2.05) is 18.2 Å². The molecular weight excluding hydrogens is 518 g/mol. The highest BCUT2D eigenvalue weighted by Gasteiger charge is 2.24. The van der Waals surface area contributed by atoms with Crippen LogP contribution in [0.15, 0.2) is 34.8 Å². The second kappa shape index (κ2) is 6.15. The molecule has 0 bridgehead atoms. The minimum atomic E-state index is 0.0671. The number of hydrogen-bond acceptors (Lipinski definition) is 1. The molecule has 20 heavy (non-hydrogen) atoms.